The molecule has 1 aromatic carbocycles. The minimum Gasteiger partial charge on any atom is -0.481 e. The number of carboxylic acid groups (broad SMARTS) is 1. The van der Waals surface area contributed by atoms with Gasteiger partial charge in [0.2, 0.25) is 11.8 Å². The Bertz CT molecular complexity index is 687. The highest BCUT2D eigenvalue weighted by atomic mass is 79.9. The maximum absolute atomic E-state index is 12.6. The van der Waals surface area contributed by atoms with Crippen molar-refractivity contribution in [1.29, 1.82) is 0 Å². The third-order valence-electron chi connectivity index (χ3n) is 4.85. The van der Waals surface area contributed by atoms with Crippen LogP contribution < -0.4 is 10.2 Å². The molecule has 1 heterocycles. The average Bonchev–Trinajstić information content (AvgIpc) is 2.86. The third kappa shape index (κ3) is 3.17. The lowest BCUT2D eigenvalue weighted by Gasteiger charge is -2.42. The molecule has 1 saturated carbocycles. The summed E-state index contributed by atoms with van der Waals surface area (Å²) >= 11 is 3.43. The van der Waals surface area contributed by atoms with Crippen LogP contribution in [0.2, 0.25) is 0 Å². The van der Waals surface area contributed by atoms with Crippen LogP contribution in [-0.4, -0.2) is 35.0 Å². The van der Waals surface area contributed by atoms with Crippen LogP contribution in [-0.2, 0) is 14.4 Å². The van der Waals surface area contributed by atoms with E-state index in [2.05, 4.69) is 21.2 Å². The zero-order chi connectivity index (χ0) is 17.3. The summed E-state index contributed by atoms with van der Waals surface area (Å²) in [4.78, 5) is 37.8. The highest BCUT2D eigenvalue weighted by Gasteiger charge is 2.45. The number of carbonyl (C=O) groups excluding carboxylic acids is 2. The summed E-state index contributed by atoms with van der Waals surface area (Å²) in [6.45, 7) is 0.478. The molecule has 3 rings (SSSR count). The summed E-state index contributed by atoms with van der Waals surface area (Å²) in [5.74, 6) is -2.26. The monoisotopic (exact) mass is 394 g/mol. The molecule has 0 aromatic heterocycles. The van der Waals surface area contributed by atoms with Gasteiger partial charge in [0.25, 0.3) is 0 Å². The molecule has 2 aliphatic rings. The van der Waals surface area contributed by atoms with Gasteiger partial charge in [0.05, 0.1) is 17.6 Å². The second kappa shape index (κ2) is 6.55. The smallest absolute Gasteiger partial charge is 0.305 e. The number of nitrogens with one attached hydrogen (secondary N) is 1. The molecule has 24 heavy (non-hydrogen) atoms. The number of nitrogens with zero attached hydrogens (tertiary/aromatic N) is 1. The fraction of sp³-hybridized carbons (Fsp3) is 0.471. The Kier molecular flexibility index (Phi) is 4.62. The van der Waals surface area contributed by atoms with Gasteiger partial charge in [-0.1, -0.05) is 12.1 Å². The van der Waals surface area contributed by atoms with E-state index in [4.69, 9.17) is 5.11 Å². The molecule has 2 N–H and O–H groups in total. The molecule has 7 heteroatoms. The van der Waals surface area contributed by atoms with Crippen molar-refractivity contribution in [2.75, 3.05) is 11.4 Å². The molecule has 0 radical (unpaired) electrons. The van der Waals surface area contributed by atoms with Crippen LogP contribution in [0.15, 0.2) is 28.7 Å². The highest BCUT2D eigenvalue weighted by Crippen LogP contribution is 2.36. The summed E-state index contributed by atoms with van der Waals surface area (Å²) < 4.78 is 0.806. The van der Waals surface area contributed by atoms with Gasteiger partial charge in [-0.25, -0.2) is 0 Å². The SMILES string of the molecule is O=C(O)CC1(NC(=O)C2CCN(c3ccccc3Br)C2=O)CCC1. The van der Waals surface area contributed by atoms with E-state index in [9.17, 15) is 14.4 Å². The fourth-order valence-corrected chi connectivity index (χ4v) is 3.92. The predicted molar refractivity (Wildman–Crippen MR) is 91.6 cm³/mol. The summed E-state index contributed by atoms with van der Waals surface area (Å²) in [7, 11) is 0. The van der Waals surface area contributed by atoms with Crippen LogP contribution in [0.5, 0.6) is 0 Å². The summed E-state index contributed by atoms with van der Waals surface area (Å²) in [6.07, 6.45) is 2.55. The van der Waals surface area contributed by atoms with Gasteiger partial charge < -0.3 is 15.3 Å². The molecule has 1 aromatic rings. The lowest BCUT2D eigenvalue weighted by Crippen LogP contribution is -2.56. The van der Waals surface area contributed by atoms with E-state index in [0.717, 1.165) is 16.6 Å². The number of benzene rings is 1. The van der Waals surface area contributed by atoms with Crippen LogP contribution in [0.3, 0.4) is 0 Å². The number of halogens is 1. The first-order valence-corrected chi connectivity index (χ1v) is 8.81. The predicted octanol–water partition coefficient (Wildman–Crippen LogP) is 2.32. The summed E-state index contributed by atoms with van der Waals surface area (Å²) in [6, 6.07) is 7.40. The lowest BCUT2D eigenvalue weighted by molar-refractivity contribution is -0.141. The first-order valence-electron chi connectivity index (χ1n) is 8.02. The van der Waals surface area contributed by atoms with Crippen molar-refractivity contribution in [3.63, 3.8) is 0 Å². The largest absolute Gasteiger partial charge is 0.481 e. The number of amides is 2. The van der Waals surface area contributed by atoms with Gasteiger partial charge in [0, 0.05) is 11.0 Å². The zero-order valence-corrected chi connectivity index (χ0v) is 14.7. The molecule has 128 valence electrons. The zero-order valence-electron chi connectivity index (χ0n) is 13.1. The molecule has 1 aliphatic carbocycles. The van der Waals surface area contributed by atoms with E-state index in [1.165, 1.54) is 0 Å². The Hall–Kier alpha value is -1.89. The average molecular weight is 395 g/mol. The summed E-state index contributed by atoms with van der Waals surface area (Å²) in [5.41, 5.74) is 0.0749. The number of para-hydroxylation sites is 1. The van der Waals surface area contributed by atoms with Crippen LogP contribution in [0.25, 0.3) is 0 Å². The Balaban J connectivity index is 1.70. The van der Waals surface area contributed by atoms with Crippen LogP contribution in [0.4, 0.5) is 5.69 Å². The number of hydrogen-bond acceptors (Lipinski definition) is 3. The van der Waals surface area contributed by atoms with E-state index in [0.29, 0.717) is 25.8 Å². The first kappa shape index (κ1) is 17.0. The molecule has 2 fully saturated rings. The highest BCUT2D eigenvalue weighted by molar-refractivity contribution is 9.10. The lowest BCUT2D eigenvalue weighted by atomic mass is 9.74. The number of rotatable bonds is 5. The maximum Gasteiger partial charge on any atom is 0.305 e. The molecule has 1 aliphatic heterocycles. The van der Waals surface area contributed by atoms with Crippen molar-refractivity contribution < 1.29 is 19.5 Å². The standard InChI is InChI=1S/C17H19BrN2O4/c18-12-4-1-2-5-13(12)20-9-6-11(16(20)24)15(23)19-17(7-3-8-17)10-14(21)22/h1-2,4-5,11H,3,6-10H2,(H,19,23)(H,21,22). The van der Waals surface area contributed by atoms with Gasteiger partial charge in [0.1, 0.15) is 5.92 Å². The fourth-order valence-electron chi connectivity index (χ4n) is 3.42. The van der Waals surface area contributed by atoms with Crippen molar-refractivity contribution in [3.05, 3.63) is 28.7 Å². The molecule has 0 bridgehead atoms. The van der Waals surface area contributed by atoms with Crippen LogP contribution in [0, 0.1) is 5.92 Å². The van der Waals surface area contributed by atoms with Gasteiger partial charge in [0.15, 0.2) is 0 Å². The van der Waals surface area contributed by atoms with Crippen molar-refractivity contribution >= 4 is 39.4 Å². The molecule has 0 spiro atoms. The second-order valence-electron chi connectivity index (χ2n) is 6.48. The molecule has 2 amide bonds. The van der Waals surface area contributed by atoms with Crippen LogP contribution in [0.1, 0.15) is 32.1 Å². The molecule has 1 unspecified atom stereocenters. The van der Waals surface area contributed by atoms with E-state index in [1.54, 1.807) is 4.90 Å². The van der Waals surface area contributed by atoms with Gasteiger partial charge in [-0.3, -0.25) is 14.4 Å². The first-order chi connectivity index (χ1) is 11.4. The van der Waals surface area contributed by atoms with E-state index in [-0.39, 0.29) is 18.2 Å². The topological polar surface area (TPSA) is 86.7 Å². The summed E-state index contributed by atoms with van der Waals surface area (Å²) in [5, 5.41) is 11.9. The Labute approximate surface area is 148 Å². The number of anilines is 1. The Morgan fingerprint density at radius 1 is 1.33 bits per heavy atom. The van der Waals surface area contributed by atoms with Crippen molar-refractivity contribution in [3.8, 4) is 0 Å². The molecule has 6 nitrogen and oxygen atoms in total. The number of carboxylic acids is 1. The molecular formula is C17H19BrN2O4. The number of aliphatic carboxylic acids is 1. The van der Waals surface area contributed by atoms with E-state index < -0.39 is 17.4 Å². The molecule has 1 saturated heterocycles. The van der Waals surface area contributed by atoms with Crippen molar-refractivity contribution in [1.82, 2.24) is 5.32 Å². The second-order valence-corrected chi connectivity index (χ2v) is 7.33. The van der Waals surface area contributed by atoms with Gasteiger partial charge >= 0.3 is 5.97 Å². The minimum atomic E-state index is -0.928. The van der Waals surface area contributed by atoms with Gasteiger partial charge in [-0.2, -0.15) is 0 Å². The van der Waals surface area contributed by atoms with Crippen LogP contribution >= 0.6 is 15.9 Å². The van der Waals surface area contributed by atoms with Gasteiger partial charge in [-0.05, 0) is 53.7 Å². The maximum atomic E-state index is 12.6. The van der Waals surface area contributed by atoms with E-state index >= 15 is 0 Å². The quantitative estimate of drug-likeness (QED) is 0.750. The molecular weight excluding hydrogens is 376 g/mol. The minimum absolute atomic E-state index is 0.0897. The van der Waals surface area contributed by atoms with Gasteiger partial charge in [-0.15, -0.1) is 0 Å². The Morgan fingerprint density at radius 2 is 2.04 bits per heavy atom. The third-order valence-corrected chi connectivity index (χ3v) is 5.52. The van der Waals surface area contributed by atoms with Crippen molar-refractivity contribution in [2.45, 2.75) is 37.6 Å². The molecule has 1 atom stereocenters. The Morgan fingerprint density at radius 3 is 2.62 bits per heavy atom. The number of carbonyl (C=O) groups is 3. The van der Waals surface area contributed by atoms with E-state index in [1.807, 2.05) is 24.3 Å². The van der Waals surface area contributed by atoms with Crippen molar-refractivity contribution in [2.24, 2.45) is 5.92 Å². The number of hydrogen-bond donors (Lipinski definition) is 2. The normalized spacial score (nSPS) is 22.1.